The van der Waals surface area contributed by atoms with Gasteiger partial charge in [-0.15, -0.1) is 0 Å². The molecule has 0 rings (SSSR count). The standard InChI is InChI=1S/C9H17FN2O4/c1-12(2,6-10)3-4-16-8(13)5-7(11)9(14)15/h7H,3-6,11H2,1-2H3/p+1/t7-/m0/s1. The van der Waals surface area contributed by atoms with Gasteiger partial charge >= 0.3 is 11.9 Å². The van der Waals surface area contributed by atoms with Gasteiger partial charge in [0.25, 0.3) is 0 Å². The first-order chi connectivity index (χ1) is 7.28. The summed E-state index contributed by atoms with van der Waals surface area (Å²) in [6.07, 6.45) is -0.377. The monoisotopic (exact) mass is 237 g/mol. The molecule has 3 N–H and O–H groups in total. The van der Waals surface area contributed by atoms with E-state index in [0.717, 1.165) is 0 Å². The molecule has 0 aromatic carbocycles. The summed E-state index contributed by atoms with van der Waals surface area (Å²) in [6.45, 7) is -0.196. The highest BCUT2D eigenvalue weighted by Gasteiger charge is 2.19. The van der Waals surface area contributed by atoms with Crippen LogP contribution in [0.4, 0.5) is 4.39 Å². The Morgan fingerprint density at radius 3 is 2.50 bits per heavy atom. The van der Waals surface area contributed by atoms with Crippen LogP contribution in [0.2, 0.25) is 0 Å². The number of hydrogen-bond acceptors (Lipinski definition) is 4. The molecule has 16 heavy (non-hydrogen) atoms. The van der Waals surface area contributed by atoms with Gasteiger partial charge in [-0.05, 0) is 0 Å². The number of carboxylic acids is 1. The van der Waals surface area contributed by atoms with Crippen molar-refractivity contribution in [2.45, 2.75) is 12.5 Å². The van der Waals surface area contributed by atoms with Crippen molar-refractivity contribution in [3.8, 4) is 0 Å². The number of nitrogens with two attached hydrogens (primary N) is 1. The predicted octanol–water partition coefficient (Wildman–Crippen LogP) is -0.665. The van der Waals surface area contributed by atoms with Crippen LogP contribution in [0.3, 0.4) is 0 Å². The molecule has 0 bridgehead atoms. The van der Waals surface area contributed by atoms with Crippen LogP contribution >= 0.6 is 0 Å². The summed E-state index contributed by atoms with van der Waals surface area (Å²) in [7, 11) is 3.30. The molecule has 94 valence electrons. The number of hydrogen-bond donors (Lipinski definition) is 2. The van der Waals surface area contributed by atoms with Crippen LogP contribution < -0.4 is 5.73 Å². The van der Waals surface area contributed by atoms with Gasteiger partial charge < -0.3 is 15.6 Å². The van der Waals surface area contributed by atoms with Crippen molar-refractivity contribution in [1.82, 2.24) is 0 Å². The summed E-state index contributed by atoms with van der Waals surface area (Å²) in [5.41, 5.74) is 5.14. The number of carboxylic acid groups (broad SMARTS) is 1. The van der Waals surface area contributed by atoms with Crippen molar-refractivity contribution in [1.29, 1.82) is 0 Å². The van der Waals surface area contributed by atoms with Crippen LogP contribution in [0.25, 0.3) is 0 Å². The number of halogens is 1. The first kappa shape index (κ1) is 14.8. The Balaban J connectivity index is 3.79. The molecule has 7 heteroatoms. The van der Waals surface area contributed by atoms with E-state index in [1.165, 1.54) is 0 Å². The lowest BCUT2D eigenvalue weighted by Gasteiger charge is -2.25. The third kappa shape index (κ3) is 6.31. The third-order valence-electron chi connectivity index (χ3n) is 1.99. The van der Waals surface area contributed by atoms with E-state index in [4.69, 9.17) is 15.6 Å². The molecule has 0 radical (unpaired) electrons. The number of esters is 1. The molecule has 0 saturated carbocycles. The van der Waals surface area contributed by atoms with E-state index < -0.39 is 24.8 Å². The van der Waals surface area contributed by atoms with Crippen molar-refractivity contribution in [3.05, 3.63) is 0 Å². The van der Waals surface area contributed by atoms with Gasteiger partial charge in [0.2, 0.25) is 6.80 Å². The van der Waals surface area contributed by atoms with Gasteiger partial charge in [-0.2, -0.15) is 4.39 Å². The molecule has 0 heterocycles. The van der Waals surface area contributed by atoms with Gasteiger partial charge in [0.1, 0.15) is 19.2 Å². The normalized spacial score (nSPS) is 13.2. The second-order valence-corrected chi connectivity index (χ2v) is 4.15. The Morgan fingerprint density at radius 2 is 2.06 bits per heavy atom. The minimum atomic E-state index is -1.25. The lowest BCUT2D eigenvalue weighted by atomic mass is 10.2. The first-order valence-electron chi connectivity index (χ1n) is 4.80. The zero-order valence-electron chi connectivity index (χ0n) is 9.48. The zero-order valence-corrected chi connectivity index (χ0v) is 9.48. The maximum atomic E-state index is 12.3. The Hall–Kier alpha value is -1.21. The Bertz CT molecular complexity index is 258. The van der Waals surface area contributed by atoms with Crippen LogP contribution in [0.1, 0.15) is 6.42 Å². The van der Waals surface area contributed by atoms with Gasteiger partial charge in [0.05, 0.1) is 20.5 Å². The smallest absolute Gasteiger partial charge is 0.321 e. The molecule has 0 aromatic rings. The number of aliphatic carboxylic acids is 1. The van der Waals surface area contributed by atoms with Crippen LogP contribution in [-0.2, 0) is 14.3 Å². The highest BCUT2D eigenvalue weighted by Crippen LogP contribution is 1.98. The number of likely N-dealkylation sites (N-methyl/N-ethyl adjacent to an activating group) is 1. The van der Waals surface area contributed by atoms with E-state index in [9.17, 15) is 14.0 Å². The Labute approximate surface area is 93.4 Å². The molecular weight excluding hydrogens is 219 g/mol. The predicted molar refractivity (Wildman–Crippen MR) is 54.1 cm³/mol. The average molecular weight is 237 g/mol. The second-order valence-electron chi connectivity index (χ2n) is 4.15. The van der Waals surface area contributed by atoms with E-state index >= 15 is 0 Å². The van der Waals surface area contributed by atoms with Gasteiger partial charge in [-0.1, -0.05) is 0 Å². The molecule has 0 amide bonds. The molecule has 0 saturated heterocycles. The van der Waals surface area contributed by atoms with E-state index in [1.54, 1.807) is 14.1 Å². The fourth-order valence-electron chi connectivity index (χ4n) is 0.792. The van der Waals surface area contributed by atoms with Crippen LogP contribution in [0.15, 0.2) is 0 Å². The molecule has 0 aromatic heterocycles. The van der Waals surface area contributed by atoms with E-state index in [0.29, 0.717) is 6.54 Å². The average Bonchev–Trinajstić information content (AvgIpc) is 2.17. The van der Waals surface area contributed by atoms with Gasteiger partial charge in [-0.3, -0.25) is 14.1 Å². The van der Waals surface area contributed by atoms with Crippen molar-refractivity contribution in [2.24, 2.45) is 5.73 Å². The van der Waals surface area contributed by atoms with Gasteiger partial charge in [0, 0.05) is 0 Å². The molecule has 0 aliphatic carbocycles. The van der Waals surface area contributed by atoms with Crippen LogP contribution in [-0.4, -0.2) is 61.6 Å². The number of rotatable bonds is 7. The summed E-state index contributed by atoms with van der Waals surface area (Å²) in [4.78, 5) is 21.4. The minimum absolute atomic E-state index is 0.0437. The summed E-state index contributed by atoms with van der Waals surface area (Å²) >= 11 is 0. The first-order valence-corrected chi connectivity index (χ1v) is 4.80. The second kappa shape index (κ2) is 6.39. The van der Waals surface area contributed by atoms with Crippen molar-refractivity contribution >= 4 is 11.9 Å². The summed E-state index contributed by atoms with van der Waals surface area (Å²) in [5.74, 6) is -1.94. The SMILES string of the molecule is C[N+](C)(CF)CCOC(=O)C[C@H](N)C(=O)O. The van der Waals surface area contributed by atoms with Crippen molar-refractivity contribution in [2.75, 3.05) is 34.0 Å². The molecule has 0 aliphatic heterocycles. The van der Waals surface area contributed by atoms with Crippen molar-refractivity contribution in [3.63, 3.8) is 0 Å². The molecule has 0 unspecified atom stereocenters. The van der Waals surface area contributed by atoms with Crippen LogP contribution in [0, 0.1) is 0 Å². The third-order valence-corrected chi connectivity index (χ3v) is 1.99. The van der Waals surface area contributed by atoms with E-state index in [-0.39, 0.29) is 17.5 Å². The lowest BCUT2D eigenvalue weighted by molar-refractivity contribution is -0.902. The largest absolute Gasteiger partial charge is 0.480 e. The molecule has 6 nitrogen and oxygen atoms in total. The van der Waals surface area contributed by atoms with E-state index in [2.05, 4.69) is 0 Å². The number of ether oxygens (including phenoxy) is 1. The maximum Gasteiger partial charge on any atom is 0.321 e. The van der Waals surface area contributed by atoms with Gasteiger partial charge in [0.15, 0.2) is 0 Å². The quantitative estimate of drug-likeness (QED) is 0.348. The summed E-state index contributed by atoms with van der Waals surface area (Å²) in [5, 5.41) is 8.44. The Kier molecular flexibility index (Phi) is 5.91. The molecular formula is C9H18FN2O4+. The lowest BCUT2D eigenvalue weighted by Crippen LogP contribution is -2.42. The number of nitrogens with zero attached hydrogens (tertiary/aromatic N) is 1. The topological polar surface area (TPSA) is 89.6 Å². The highest BCUT2D eigenvalue weighted by molar-refractivity contribution is 5.81. The number of alkyl halides is 1. The van der Waals surface area contributed by atoms with E-state index in [1.807, 2.05) is 0 Å². The minimum Gasteiger partial charge on any atom is -0.480 e. The molecule has 0 fully saturated rings. The number of quaternary nitrogens is 1. The fourth-order valence-corrected chi connectivity index (χ4v) is 0.792. The molecule has 0 aliphatic rings. The number of carbonyl (C=O) groups is 2. The molecule has 1 atom stereocenters. The highest BCUT2D eigenvalue weighted by atomic mass is 19.1. The maximum absolute atomic E-state index is 12.3. The summed E-state index contributed by atoms with van der Waals surface area (Å²) in [6, 6.07) is -1.25. The summed E-state index contributed by atoms with van der Waals surface area (Å²) < 4.78 is 17.2. The van der Waals surface area contributed by atoms with Crippen LogP contribution in [0.5, 0.6) is 0 Å². The fraction of sp³-hybridized carbons (Fsp3) is 0.778. The molecule has 0 spiro atoms. The number of carbonyl (C=O) groups excluding carboxylic acids is 1. The zero-order chi connectivity index (χ0) is 12.8. The van der Waals surface area contributed by atoms with Crippen molar-refractivity contribution < 1.29 is 28.3 Å². The van der Waals surface area contributed by atoms with Gasteiger partial charge in [-0.25, -0.2) is 0 Å². The Morgan fingerprint density at radius 1 is 1.50 bits per heavy atom.